The number of phenolic OH excluding ortho intramolecular Hbond substituents is 1. The Morgan fingerprint density at radius 3 is 2.73 bits per heavy atom. The molecule has 0 amide bonds. The van der Waals surface area contributed by atoms with Gasteiger partial charge in [0.05, 0.1) is 21.5 Å². The van der Waals surface area contributed by atoms with Gasteiger partial charge < -0.3 is 9.67 Å². The van der Waals surface area contributed by atoms with Crippen LogP contribution in [0.2, 0.25) is 0 Å². The molecular formula is C10H10N2O3. The van der Waals surface area contributed by atoms with Crippen LogP contribution in [0.15, 0.2) is 18.2 Å². The van der Waals surface area contributed by atoms with Gasteiger partial charge in [-0.15, -0.1) is 0 Å². The number of hydrogen-bond donors (Lipinski definition) is 1. The lowest BCUT2D eigenvalue weighted by Crippen LogP contribution is -1.93. The lowest BCUT2D eigenvalue weighted by atomic mass is 10.2. The van der Waals surface area contributed by atoms with Crippen molar-refractivity contribution in [2.24, 2.45) is 7.05 Å². The third kappa shape index (κ3) is 1.24. The summed E-state index contributed by atoms with van der Waals surface area (Å²) < 4.78 is 1.70. The molecule has 5 nitrogen and oxygen atoms in total. The summed E-state index contributed by atoms with van der Waals surface area (Å²) in [6.07, 6.45) is 0. The van der Waals surface area contributed by atoms with Crippen molar-refractivity contribution in [3.05, 3.63) is 34.0 Å². The predicted molar refractivity (Wildman–Crippen MR) is 56.0 cm³/mol. The molecule has 0 bridgehead atoms. The predicted octanol–water partition coefficient (Wildman–Crippen LogP) is 2.10. The maximum Gasteiger partial charge on any atom is 0.297 e. The highest BCUT2D eigenvalue weighted by Gasteiger charge is 2.21. The smallest absolute Gasteiger partial charge is 0.297 e. The fourth-order valence-corrected chi connectivity index (χ4v) is 1.76. The van der Waals surface area contributed by atoms with Gasteiger partial charge in [0.2, 0.25) is 0 Å². The molecular weight excluding hydrogens is 196 g/mol. The third-order valence-electron chi connectivity index (χ3n) is 2.63. The molecule has 0 aliphatic rings. The second-order valence-corrected chi connectivity index (χ2v) is 3.45. The van der Waals surface area contributed by atoms with Crippen molar-refractivity contribution in [1.29, 1.82) is 0 Å². The summed E-state index contributed by atoms with van der Waals surface area (Å²) in [5.74, 6) is 0.109. The normalized spacial score (nSPS) is 10.8. The molecule has 1 N–H and O–H groups in total. The van der Waals surface area contributed by atoms with E-state index in [-0.39, 0.29) is 11.4 Å². The number of aromatic hydroxyl groups is 1. The topological polar surface area (TPSA) is 68.3 Å². The van der Waals surface area contributed by atoms with E-state index in [1.165, 1.54) is 12.1 Å². The number of rotatable bonds is 1. The molecule has 0 unspecified atom stereocenters. The van der Waals surface area contributed by atoms with Crippen LogP contribution in [0.1, 0.15) is 5.69 Å². The Labute approximate surface area is 85.7 Å². The first-order valence-electron chi connectivity index (χ1n) is 4.44. The van der Waals surface area contributed by atoms with Crippen LogP contribution in [-0.4, -0.2) is 14.6 Å². The Bertz CT molecular complexity index is 557. The fraction of sp³-hybridized carbons (Fsp3) is 0.200. The van der Waals surface area contributed by atoms with Crippen LogP contribution in [0, 0.1) is 17.0 Å². The fourth-order valence-electron chi connectivity index (χ4n) is 1.76. The largest absolute Gasteiger partial charge is 0.508 e. The molecule has 2 rings (SSSR count). The summed E-state index contributed by atoms with van der Waals surface area (Å²) >= 11 is 0. The van der Waals surface area contributed by atoms with E-state index in [2.05, 4.69) is 0 Å². The molecule has 0 atom stereocenters. The molecule has 15 heavy (non-hydrogen) atoms. The molecule has 78 valence electrons. The lowest BCUT2D eigenvalue weighted by Gasteiger charge is -1.96. The summed E-state index contributed by atoms with van der Waals surface area (Å²) in [5.41, 5.74) is 1.35. The Balaban J connectivity index is 2.93. The van der Waals surface area contributed by atoms with Crippen molar-refractivity contribution in [1.82, 2.24) is 4.57 Å². The number of hydrogen-bond acceptors (Lipinski definition) is 3. The van der Waals surface area contributed by atoms with Crippen molar-refractivity contribution in [3.63, 3.8) is 0 Å². The van der Waals surface area contributed by atoms with Crippen LogP contribution in [0.4, 0.5) is 5.69 Å². The Morgan fingerprint density at radius 1 is 1.47 bits per heavy atom. The average Bonchev–Trinajstić information content (AvgIpc) is 2.41. The molecule has 0 fully saturated rings. The van der Waals surface area contributed by atoms with Crippen LogP contribution in [0.5, 0.6) is 5.75 Å². The summed E-state index contributed by atoms with van der Waals surface area (Å²) in [5, 5.41) is 20.7. The van der Waals surface area contributed by atoms with Gasteiger partial charge in [0, 0.05) is 13.1 Å². The molecule has 2 aromatic rings. The van der Waals surface area contributed by atoms with Crippen LogP contribution < -0.4 is 0 Å². The van der Waals surface area contributed by atoms with E-state index in [0.717, 1.165) is 0 Å². The minimum atomic E-state index is -0.394. The SMILES string of the molecule is Cc1c([N+](=O)[O-])c2ccc(O)cc2n1C. The quantitative estimate of drug-likeness (QED) is 0.573. The Hall–Kier alpha value is -2.04. The standard InChI is InChI=1S/C10H10N2O3/c1-6-10(12(14)15)8-4-3-7(13)5-9(8)11(6)2/h3-5,13H,1-2H3. The molecule has 5 heteroatoms. The second kappa shape index (κ2) is 2.98. The van der Waals surface area contributed by atoms with Gasteiger partial charge in [-0.25, -0.2) is 0 Å². The molecule has 0 saturated heterocycles. The summed E-state index contributed by atoms with van der Waals surface area (Å²) in [7, 11) is 1.74. The summed E-state index contributed by atoms with van der Waals surface area (Å²) in [6, 6.07) is 4.54. The minimum Gasteiger partial charge on any atom is -0.508 e. The molecule has 0 aliphatic heterocycles. The second-order valence-electron chi connectivity index (χ2n) is 3.45. The molecule has 0 spiro atoms. The van der Waals surface area contributed by atoms with Crippen molar-refractivity contribution in [2.75, 3.05) is 0 Å². The van der Waals surface area contributed by atoms with Gasteiger partial charge in [0.15, 0.2) is 0 Å². The number of nitro groups is 1. The minimum absolute atomic E-state index is 0.104. The molecule has 1 aromatic heterocycles. The van der Waals surface area contributed by atoms with Gasteiger partial charge in [-0.3, -0.25) is 10.1 Å². The van der Waals surface area contributed by atoms with Crippen LogP contribution in [0.3, 0.4) is 0 Å². The van der Waals surface area contributed by atoms with Gasteiger partial charge in [-0.05, 0) is 19.1 Å². The molecule has 1 heterocycles. The van der Waals surface area contributed by atoms with E-state index in [4.69, 9.17) is 0 Å². The third-order valence-corrected chi connectivity index (χ3v) is 2.63. The van der Waals surface area contributed by atoms with E-state index in [0.29, 0.717) is 16.6 Å². The first-order chi connectivity index (χ1) is 7.02. The lowest BCUT2D eigenvalue weighted by molar-refractivity contribution is -0.383. The van der Waals surface area contributed by atoms with Gasteiger partial charge in [0.1, 0.15) is 5.75 Å². The Kier molecular flexibility index (Phi) is 1.89. The van der Waals surface area contributed by atoms with E-state index in [1.54, 1.807) is 24.6 Å². The number of phenols is 1. The first-order valence-corrected chi connectivity index (χ1v) is 4.44. The number of aryl methyl sites for hydroxylation is 1. The zero-order valence-electron chi connectivity index (χ0n) is 8.39. The Morgan fingerprint density at radius 2 is 2.13 bits per heavy atom. The van der Waals surface area contributed by atoms with Crippen molar-refractivity contribution in [3.8, 4) is 5.75 Å². The van der Waals surface area contributed by atoms with Crippen LogP contribution >= 0.6 is 0 Å². The van der Waals surface area contributed by atoms with E-state index in [9.17, 15) is 15.2 Å². The number of fused-ring (bicyclic) bond motifs is 1. The summed E-state index contributed by atoms with van der Waals surface area (Å²) in [6.45, 7) is 1.69. The van der Waals surface area contributed by atoms with Crippen molar-refractivity contribution in [2.45, 2.75) is 6.92 Å². The van der Waals surface area contributed by atoms with Crippen LogP contribution in [0.25, 0.3) is 10.9 Å². The summed E-state index contributed by atoms with van der Waals surface area (Å²) in [4.78, 5) is 10.5. The average molecular weight is 206 g/mol. The number of aromatic nitrogens is 1. The van der Waals surface area contributed by atoms with Crippen molar-refractivity contribution >= 4 is 16.6 Å². The van der Waals surface area contributed by atoms with Crippen LogP contribution in [-0.2, 0) is 7.05 Å². The van der Waals surface area contributed by atoms with Crippen molar-refractivity contribution < 1.29 is 10.0 Å². The highest BCUT2D eigenvalue weighted by molar-refractivity contribution is 5.92. The van der Waals surface area contributed by atoms with Gasteiger partial charge in [0.25, 0.3) is 5.69 Å². The first kappa shape index (κ1) is 9.51. The molecule has 1 aromatic carbocycles. The molecule has 0 saturated carbocycles. The highest BCUT2D eigenvalue weighted by atomic mass is 16.6. The maximum atomic E-state index is 10.9. The number of benzene rings is 1. The molecule has 0 radical (unpaired) electrons. The number of nitrogens with zero attached hydrogens (tertiary/aromatic N) is 2. The van der Waals surface area contributed by atoms with Gasteiger partial charge in [-0.2, -0.15) is 0 Å². The van der Waals surface area contributed by atoms with E-state index < -0.39 is 4.92 Å². The zero-order chi connectivity index (χ0) is 11.2. The van der Waals surface area contributed by atoms with E-state index in [1.807, 2.05) is 0 Å². The zero-order valence-corrected chi connectivity index (χ0v) is 8.39. The molecule has 0 aliphatic carbocycles. The van der Waals surface area contributed by atoms with Gasteiger partial charge in [-0.1, -0.05) is 0 Å². The maximum absolute atomic E-state index is 10.9. The van der Waals surface area contributed by atoms with E-state index >= 15 is 0 Å². The monoisotopic (exact) mass is 206 g/mol. The van der Waals surface area contributed by atoms with Gasteiger partial charge >= 0.3 is 0 Å². The highest BCUT2D eigenvalue weighted by Crippen LogP contribution is 2.33.